The lowest BCUT2D eigenvalue weighted by molar-refractivity contribution is -0.307. The summed E-state index contributed by atoms with van der Waals surface area (Å²) in [7, 11) is 0.276. The summed E-state index contributed by atoms with van der Waals surface area (Å²) in [6, 6.07) is -0.783. The third-order valence-corrected chi connectivity index (χ3v) is 2.19. The topological polar surface area (TPSA) is 66.2 Å². The predicted molar refractivity (Wildman–Crippen MR) is 57.1 cm³/mol. The van der Waals surface area contributed by atoms with Crippen LogP contribution in [0.4, 0.5) is 0 Å². The van der Waals surface area contributed by atoms with Gasteiger partial charge in [0.2, 0.25) is 0 Å². The second-order valence-electron chi connectivity index (χ2n) is 2.40. The Hall–Kier alpha value is 0.510. The maximum absolute atomic E-state index is 10.1. The van der Waals surface area contributed by atoms with Gasteiger partial charge in [-0.05, 0) is 10.9 Å². The van der Waals surface area contributed by atoms with Gasteiger partial charge in [0.1, 0.15) is 5.75 Å². The number of carboxylic acid groups (broad SMARTS) is 1. The quantitative estimate of drug-likeness (QED) is 0.531. The van der Waals surface area contributed by atoms with E-state index < -0.39 is 12.0 Å². The molecule has 0 aliphatic carbocycles. The van der Waals surface area contributed by atoms with E-state index in [2.05, 4.69) is 12.5 Å². The molecule has 0 saturated carbocycles. The molecule has 0 aromatic heterocycles. The van der Waals surface area contributed by atoms with Gasteiger partial charge in [-0.2, -0.15) is 0 Å². The molecule has 0 spiro atoms. The van der Waals surface area contributed by atoms with E-state index in [-0.39, 0.29) is 34.9 Å². The zero-order valence-electron chi connectivity index (χ0n) is 6.70. The number of carboxylic acids is 1. The van der Waals surface area contributed by atoms with Gasteiger partial charge in [-0.1, -0.05) is 0 Å². The van der Waals surface area contributed by atoms with Crippen molar-refractivity contribution in [2.24, 2.45) is 5.73 Å². The SMILES string of the molecule is C[S+](C)CCC(N)C(=O)[O-].I. The average Bonchev–Trinajstić information content (AvgIpc) is 1.82. The Morgan fingerprint density at radius 3 is 2.36 bits per heavy atom. The highest BCUT2D eigenvalue weighted by atomic mass is 127. The minimum Gasteiger partial charge on any atom is -0.548 e. The normalized spacial score (nSPS) is 12.4. The van der Waals surface area contributed by atoms with Crippen LogP contribution in [0.2, 0.25) is 0 Å². The molecule has 0 radical (unpaired) electrons. The van der Waals surface area contributed by atoms with Crippen LogP contribution in [-0.2, 0) is 15.7 Å². The second kappa shape index (κ2) is 7.17. The molecule has 0 fully saturated rings. The number of rotatable bonds is 4. The molecule has 0 aromatic rings. The van der Waals surface area contributed by atoms with E-state index in [9.17, 15) is 9.90 Å². The van der Waals surface area contributed by atoms with E-state index in [1.807, 2.05) is 0 Å². The Bertz CT molecular complexity index is 121. The Balaban J connectivity index is 0. The zero-order chi connectivity index (χ0) is 8.15. The highest BCUT2D eigenvalue weighted by Crippen LogP contribution is 1.92. The Morgan fingerprint density at radius 1 is 1.64 bits per heavy atom. The first-order valence-corrected chi connectivity index (χ1v) is 5.25. The highest BCUT2D eigenvalue weighted by molar-refractivity contribution is 14.0. The molecule has 0 heterocycles. The fourth-order valence-electron chi connectivity index (χ4n) is 0.481. The molecule has 0 aromatic carbocycles. The average molecular weight is 291 g/mol. The van der Waals surface area contributed by atoms with Crippen LogP contribution in [0.25, 0.3) is 0 Å². The van der Waals surface area contributed by atoms with Gasteiger partial charge < -0.3 is 15.6 Å². The molecule has 1 atom stereocenters. The Labute approximate surface area is 87.1 Å². The van der Waals surface area contributed by atoms with E-state index in [0.717, 1.165) is 5.75 Å². The fourth-order valence-corrected chi connectivity index (χ4v) is 1.21. The minimum absolute atomic E-state index is 0. The van der Waals surface area contributed by atoms with E-state index in [4.69, 9.17) is 5.73 Å². The van der Waals surface area contributed by atoms with Gasteiger partial charge in [-0.15, -0.1) is 24.0 Å². The number of halogens is 1. The highest BCUT2D eigenvalue weighted by Gasteiger charge is 2.08. The first-order chi connectivity index (χ1) is 4.54. The van der Waals surface area contributed by atoms with Crippen LogP contribution in [0.3, 0.4) is 0 Å². The van der Waals surface area contributed by atoms with Crippen molar-refractivity contribution in [3.05, 3.63) is 0 Å². The summed E-state index contributed by atoms with van der Waals surface area (Å²) in [5.41, 5.74) is 5.21. The van der Waals surface area contributed by atoms with Crippen molar-refractivity contribution in [2.75, 3.05) is 18.3 Å². The summed E-state index contributed by atoms with van der Waals surface area (Å²) in [6.45, 7) is 0. The van der Waals surface area contributed by atoms with Crippen molar-refractivity contribution in [3.8, 4) is 0 Å². The number of carbonyl (C=O) groups is 1. The minimum atomic E-state index is -1.15. The fraction of sp³-hybridized carbons (Fsp3) is 0.833. The first-order valence-electron chi connectivity index (χ1n) is 3.04. The molecule has 0 saturated heterocycles. The second-order valence-corrected chi connectivity index (χ2v) is 4.78. The molecule has 0 bridgehead atoms. The van der Waals surface area contributed by atoms with Crippen molar-refractivity contribution in [3.63, 3.8) is 0 Å². The lowest BCUT2D eigenvalue weighted by Gasteiger charge is -2.09. The third kappa shape index (κ3) is 8.42. The summed E-state index contributed by atoms with van der Waals surface area (Å²) in [5.74, 6) is -0.278. The molecule has 1 unspecified atom stereocenters. The van der Waals surface area contributed by atoms with Crippen molar-refractivity contribution < 1.29 is 9.90 Å². The van der Waals surface area contributed by atoms with Crippen LogP contribution >= 0.6 is 24.0 Å². The first kappa shape index (κ1) is 14.1. The Kier molecular flexibility index (Phi) is 9.17. The molecule has 0 aliphatic heterocycles. The van der Waals surface area contributed by atoms with Crippen LogP contribution < -0.4 is 10.8 Å². The number of hydrogen-bond acceptors (Lipinski definition) is 3. The molecule has 0 amide bonds. The molecular formula is C6H14INO2S. The van der Waals surface area contributed by atoms with E-state index in [1.54, 1.807) is 0 Å². The third-order valence-electron chi connectivity index (χ3n) is 1.14. The molecule has 0 rings (SSSR count). The largest absolute Gasteiger partial charge is 0.548 e. The van der Waals surface area contributed by atoms with Gasteiger partial charge >= 0.3 is 0 Å². The van der Waals surface area contributed by atoms with Crippen LogP contribution in [0.1, 0.15) is 6.42 Å². The zero-order valence-corrected chi connectivity index (χ0v) is 9.85. The summed E-state index contributed by atoms with van der Waals surface area (Å²) < 4.78 is 0. The van der Waals surface area contributed by atoms with Crippen molar-refractivity contribution in [1.82, 2.24) is 0 Å². The van der Waals surface area contributed by atoms with Crippen molar-refractivity contribution in [1.29, 1.82) is 0 Å². The van der Waals surface area contributed by atoms with Gasteiger partial charge in [0.25, 0.3) is 0 Å². The maximum atomic E-state index is 10.1. The van der Waals surface area contributed by atoms with E-state index in [0.29, 0.717) is 6.42 Å². The van der Waals surface area contributed by atoms with Crippen LogP contribution in [0.5, 0.6) is 0 Å². The molecule has 2 N–H and O–H groups in total. The van der Waals surface area contributed by atoms with Gasteiger partial charge in [0.15, 0.2) is 0 Å². The number of hydrogen-bond donors (Lipinski definition) is 1. The van der Waals surface area contributed by atoms with Gasteiger partial charge in [0, 0.05) is 12.5 Å². The molecule has 5 heteroatoms. The van der Waals surface area contributed by atoms with Crippen LogP contribution in [-0.4, -0.2) is 30.3 Å². The molecule has 0 aliphatic rings. The standard InChI is InChI=1S/C6H13NO2S.HI/c1-10(2)4-3-5(7)6(8)9;/h5H,3-4,7H2,1-2H3;1H. The molecule has 3 nitrogen and oxygen atoms in total. The Morgan fingerprint density at radius 2 is 2.09 bits per heavy atom. The number of aliphatic carboxylic acids is 1. The van der Waals surface area contributed by atoms with Gasteiger partial charge in [-0.25, -0.2) is 0 Å². The van der Waals surface area contributed by atoms with E-state index in [1.165, 1.54) is 0 Å². The smallest absolute Gasteiger partial charge is 0.109 e. The van der Waals surface area contributed by atoms with Gasteiger partial charge in [0.05, 0.1) is 18.5 Å². The van der Waals surface area contributed by atoms with Gasteiger partial charge in [-0.3, -0.25) is 0 Å². The molecular weight excluding hydrogens is 277 g/mol. The number of carbonyl (C=O) groups excluding carboxylic acids is 1. The van der Waals surface area contributed by atoms with Crippen molar-refractivity contribution in [2.45, 2.75) is 12.5 Å². The maximum Gasteiger partial charge on any atom is 0.109 e. The van der Waals surface area contributed by atoms with Crippen LogP contribution in [0, 0.1) is 0 Å². The summed E-state index contributed by atoms with van der Waals surface area (Å²) in [5, 5.41) is 10.1. The lowest BCUT2D eigenvalue weighted by atomic mass is 10.2. The predicted octanol–water partition coefficient (Wildman–Crippen LogP) is -1.05. The monoisotopic (exact) mass is 291 g/mol. The molecule has 11 heavy (non-hydrogen) atoms. The summed E-state index contributed by atoms with van der Waals surface area (Å²) >= 11 is 0. The van der Waals surface area contributed by atoms with E-state index >= 15 is 0 Å². The number of nitrogens with two attached hydrogens (primary N) is 1. The summed E-state index contributed by atoms with van der Waals surface area (Å²) in [6.07, 6.45) is 4.64. The lowest BCUT2D eigenvalue weighted by Crippen LogP contribution is -2.42. The van der Waals surface area contributed by atoms with Crippen LogP contribution in [0.15, 0.2) is 0 Å². The molecule has 68 valence electrons. The van der Waals surface area contributed by atoms with Crippen molar-refractivity contribution >= 4 is 40.8 Å². The summed E-state index contributed by atoms with van der Waals surface area (Å²) in [4.78, 5) is 10.1.